The minimum atomic E-state index is -0.655. The fourth-order valence-electron chi connectivity index (χ4n) is 3.40. The minimum absolute atomic E-state index is 0.369. The Balaban J connectivity index is 1.75. The smallest absolute Gasteiger partial charge is 0.339 e. The Bertz CT molecular complexity index is 1170. The van der Waals surface area contributed by atoms with Gasteiger partial charge in [0, 0.05) is 11.6 Å². The predicted octanol–water partition coefficient (Wildman–Crippen LogP) is 5.20. The van der Waals surface area contributed by atoms with Crippen LogP contribution in [0.4, 0.5) is 0 Å². The molecule has 4 aromatic rings. The molecule has 0 spiro atoms. The van der Waals surface area contributed by atoms with Crippen LogP contribution in [-0.4, -0.2) is 25.2 Å². The zero-order chi connectivity index (χ0) is 20.9. The second kappa shape index (κ2) is 8.66. The molecule has 30 heavy (non-hydrogen) atoms. The summed E-state index contributed by atoms with van der Waals surface area (Å²) in [5, 5.41) is 1.97. The number of carbonyl (C=O) groups is 1. The van der Waals surface area contributed by atoms with Gasteiger partial charge in [0.25, 0.3) is 0 Å². The lowest BCUT2D eigenvalue weighted by Gasteiger charge is -2.20. The molecule has 0 radical (unpaired) electrons. The lowest BCUT2D eigenvalue weighted by Crippen LogP contribution is -2.15. The number of hydrogen-bond donors (Lipinski definition) is 0. The van der Waals surface area contributed by atoms with Crippen LogP contribution < -0.4 is 9.47 Å². The Morgan fingerprint density at radius 3 is 2.33 bits per heavy atom. The summed E-state index contributed by atoms with van der Waals surface area (Å²) in [7, 11) is 3.08. The standard InChI is InChI=1S/C25H21NO4/c1-28-21-13-12-19(16-22(21)29-2)25(27)30-24(18-9-4-3-5-10-18)23-20-11-7-6-8-17(20)14-15-26-23/h3-16,24H,1-2H3. The van der Waals surface area contributed by atoms with Crippen molar-refractivity contribution in [1.29, 1.82) is 0 Å². The topological polar surface area (TPSA) is 57.7 Å². The van der Waals surface area contributed by atoms with Gasteiger partial charge in [-0.1, -0.05) is 54.6 Å². The van der Waals surface area contributed by atoms with Gasteiger partial charge in [-0.3, -0.25) is 4.98 Å². The molecule has 0 bridgehead atoms. The van der Waals surface area contributed by atoms with Crippen molar-refractivity contribution in [2.45, 2.75) is 6.10 Å². The van der Waals surface area contributed by atoms with E-state index in [0.717, 1.165) is 16.3 Å². The van der Waals surface area contributed by atoms with Gasteiger partial charge >= 0.3 is 5.97 Å². The number of pyridine rings is 1. The molecule has 0 fully saturated rings. The highest BCUT2D eigenvalue weighted by atomic mass is 16.5. The van der Waals surface area contributed by atoms with Crippen LogP contribution >= 0.6 is 0 Å². The van der Waals surface area contributed by atoms with Crippen molar-refractivity contribution in [3.05, 3.63) is 102 Å². The Morgan fingerprint density at radius 2 is 1.57 bits per heavy atom. The molecule has 1 atom stereocenters. The van der Waals surface area contributed by atoms with E-state index in [0.29, 0.717) is 22.8 Å². The maximum Gasteiger partial charge on any atom is 0.339 e. The number of rotatable bonds is 6. The Hall–Kier alpha value is -3.86. The number of hydrogen-bond acceptors (Lipinski definition) is 5. The Kier molecular flexibility index (Phi) is 5.61. The summed E-state index contributed by atoms with van der Waals surface area (Å²) in [4.78, 5) is 17.6. The van der Waals surface area contributed by atoms with Crippen molar-refractivity contribution >= 4 is 16.7 Å². The Labute approximate surface area is 174 Å². The first-order valence-corrected chi connectivity index (χ1v) is 9.53. The monoisotopic (exact) mass is 399 g/mol. The third kappa shape index (κ3) is 3.82. The van der Waals surface area contributed by atoms with Gasteiger partial charge in [0.05, 0.1) is 25.5 Å². The molecule has 3 aromatic carbocycles. The molecule has 4 rings (SSSR count). The van der Waals surface area contributed by atoms with E-state index in [1.54, 1.807) is 31.5 Å². The molecule has 0 aliphatic rings. The fraction of sp³-hybridized carbons (Fsp3) is 0.120. The van der Waals surface area contributed by atoms with Gasteiger partial charge in [-0.2, -0.15) is 0 Å². The number of carbonyl (C=O) groups excluding carboxylic acids is 1. The molecule has 1 aromatic heterocycles. The lowest BCUT2D eigenvalue weighted by molar-refractivity contribution is 0.0373. The van der Waals surface area contributed by atoms with Gasteiger partial charge in [-0.25, -0.2) is 4.79 Å². The molecule has 150 valence electrons. The van der Waals surface area contributed by atoms with E-state index in [2.05, 4.69) is 4.98 Å². The zero-order valence-electron chi connectivity index (χ0n) is 16.7. The normalized spacial score (nSPS) is 11.7. The van der Waals surface area contributed by atoms with Crippen molar-refractivity contribution in [3.63, 3.8) is 0 Å². The number of esters is 1. The van der Waals surface area contributed by atoms with Crippen LogP contribution in [0.5, 0.6) is 11.5 Å². The summed E-state index contributed by atoms with van der Waals surface area (Å²) in [6.07, 6.45) is 1.08. The molecule has 0 amide bonds. The van der Waals surface area contributed by atoms with Gasteiger partial charge in [0.2, 0.25) is 0 Å². The molecule has 0 saturated heterocycles. The first-order chi connectivity index (χ1) is 14.7. The summed E-state index contributed by atoms with van der Waals surface area (Å²) < 4.78 is 16.6. The van der Waals surface area contributed by atoms with Crippen LogP contribution in [0.2, 0.25) is 0 Å². The van der Waals surface area contributed by atoms with E-state index in [1.807, 2.05) is 60.7 Å². The molecule has 0 aliphatic carbocycles. The average molecular weight is 399 g/mol. The van der Waals surface area contributed by atoms with Crippen molar-refractivity contribution in [2.75, 3.05) is 14.2 Å². The van der Waals surface area contributed by atoms with Crippen molar-refractivity contribution < 1.29 is 19.0 Å². The molecule has 0 aliphatic heterocycles. The molecule has 1 heterocycles. The van der Waals surface area contributed by atoms with Crippen molar-refractivity contribution in [1.82, 2.24) is 4.98 Å². The van der Waals surface area contributed by atoms with Gasteiger partial charge in [0.15, 0.2) is 17.6 Å². The van der Waals surface area contributed by atoms with Crippen LogP contribution in [0.3, 0.4) is 0 Å². The molecule has 1 unspecified atom stereocenters. The molecular weight excluding hydrogens is 378 g/mol. The van der Waals surface area contributed by atoms with Gasteiger partial charge in [0.1, 0.15) is 0 Å². The van der Waals surface area contributed by atoms with Crippen molar-refractivity contribution in [3.8, 4) is 11.5 Å². The number of ether oxygens (including phenoxy) is 3. The molecular formula is C25H21NO4. The maximum absolute atomic E-state index is 13.1. The third-order valence-corrected chi connectivity index (χ3v) is 4.90. The highest BCUT2D eigenvalue weighted by Crippen LogP contribution is 2.32. The summed E-state index contributed by atoms with van der Waals surface area (Å²) in [5.41, 5.74) is 1.90. The second-order valence-corrected chi connectivity index (χ2v) is 6.68. The van der Waals surface area contributed by atoms with Crippen LogP contribution in [0, 0.1) is 0 Å². The van der Waals surface area contributed by atoms with E-state index >= 15 is 0 Å². The highest BCUT2D eigenvalue weighted by molar-refractivity contribution is 5.91. The lowest BCUT2D eigenvalue weighted by atomic mass is 10.0. The fourth-order valence-corrected chi connectivity index (χ4v) is 3.40. The number of benzene rings is 3. The van der Waals surface area contributed by atoms with E-state index in [4.69, 9.17) is 14.2 Å². The molecule has 5 heteroatoms. The van der Waals surface area contributed by atoms with Crippen molar-refractivity contribution in [2.24, 2.45) is 0 Å². The number of fused-ring (bicyclic) bond motifs is 1. The van der Waals surface area contributed by atoms with E-state index < -0.39 is 12.1 Å². The third-order valence-electron chi connectivity index (χ3n) is 4.90. The summed E-state index contributed by atoms with van der Waals surface area (Å²) in [6, 6.07) is 24.4. The number of methoxy groups -OCH3 is 2. The first kappa shape index (κ1) is 19.5. The second-order valence-electron chi connectivity index (χ2n) is 6.68. The number of nitrogens with zero attached hydrogens (tertiary/aromatic N) is 1. The van der Waals surface area contributed by atoms with Crippen LogP contribution in [-0.2, 0) is 4.74 Å². The van der Waals surface area contributed by atoms with Gasteiger partial charge < -0.3 is 14.2 Å². The van der Waals surface area contributed by atoms with Gasteiger partial charge in [-0.05, 0) is 35.2 Å². The quantitative estimate of drug-likeness (QED) is 0.417. The largest absolute Gasteiger partial charge is 0.493 e. The van der Waals surface area contributed by atoms with Crippen LogP contribution in [0.1, 0.15) is 27.7 Å². The number of aromatic nitrogens is 1. The molecule has 0 saturated carbocycles. The van der Waals surface area contributed by atoms with E-state index in [-0.39, 0.29) is 0 Å². The van der Waals surface area contributed by atoms with E-state index in [9.17, 15) is 4.79 Å². The van der Waals surface area contributed by atoms with Crippen LogP contribution in [0.25, 0.3) is 10.8 Å². The highest BCUT2D eigenvalue weighted by Gasteiger charge is 2.24. The van der Waals surface area contributed by atoms with Crippen LogP contribution in [0.15, 0.2) is 85.1 Å². The molecule has 0 N–H and O–H groups in total. The Morgan fingerprint density at radius 1 is 0.833 bits per heavy atom. The van der Waals surface area contributed by atoms with E-state index in [1.165, 1.54) is 7.11 Å². The minimum Gasteiger partial charge on any atom is -0.493 e. The molecule has 5 nitrogen and oxygen atoms in total. The SMILES string of the molecule is COc1ccc(C(=O)OC(c2ccccc2)c2nccc3ccccc23)cc1OC. The average Bonchev–Trinajstić information content (AvgIpc) is 2.82. The predicted molar refractivity (Wildman–Crippen MR) is 115 cm³/mol. The first-order valence-electron chi connectivity index (χ1n) is 9.53. The zero-order valence-corrected chi connectivity index (χ0v) is 16.7. The summed E-state index contributed by atoms with van der Waals surface area (Å²) in [6.45, 7) is 0. The summed E-state index contributed by atoms with van der Waals surface area (Å²) in [5.74, 6) is 0.537. The maximum atomic E-state index is 13.1. The van der Waals surface area contributed by atoms with Gasteiger partial charge in [-0.15, -0.1) is 0 Å². The summed E-state index contributed by atoms with van der Waals surface area (Å²) >= 11 is 0.